The molecule has 0 unspecified atom stereocenters. The van der Waals surface area contributed by atoms with Crippen LogP contribution in [0.2, 0.25) is 5.02 Å². The molecule has 3 aromatic rings. The first-order chi connectivity index (χ1) is 14.5. The van der Waals surface area contributed by atoms with Gasteiger partial charge in [0.25, 0.3) is 0 Å². The van der Waals surface area contributed by atoms with Gasteiger partial charge in [0.1, 0.15) is 5.75 Å². The van der Waals surface area contributed by atoms with Crippen LogP contribution in [0.25, 0.3) is 10.2 Å². The Morgan fingerprint density at radius 3 is 2.60 bits per heavy atom. The Labute approximate surface area is 185 Å². The van der Waals surface area contributed by atoms with Crippen LogP contribution in [0.1, 0.15) is 11.1 Å². The number of carbonyl (C=O) groups excluding carboxylic acids is 1. The van der Waals surface area contributed by atoms with Crippen molar-refractivity contribution in [1.29, 1.82) is 0 Å². The van der Waals surface area contributed by atoms with Crippen LogP contribution in [0.3, 0.4) is 0 Å². The van der Waals surface area contributed by atoms with Crippen LogP contribution in [0.4, 0.5) is 9.93 Å². The monoisotopic (exact) mass is 444 g/mol. The third-order valence-electron chi connectivity index (χ3n) is 5.42. The molecular weight excluding hydrogens is 420 g/mol. The zero-order chi connectivity index (χ0) is 21.1. The van der Waals surface area contributed by atoms with Crippen LogP contribution < -0.4 is 15.0 Å². The van der Waals surface area contributed by atoms with E-state index in [1.165, 1.54) is 5.56 Å². The van der Waals surface area contributed by atoms with E-state index in [1.54, 1.807) is 18.4 Å². The summed E-state index contributed by atoms with van der Waals surface area (Å²) in [6, 6.07) is 11.9. The number of thiazole rings is 1. The molecule has 0 atom stereocenters. The number of anilines is 1. The lowest BCUT2D eigenvalue weighted by Gasteiger charge is -2.34. The minimum atomic E-state index is -0.00455. The Morgan fingerprint density at radius 1 is 1.17 bits per heavy atom. The van der Waals surface area contributed by atoms with Crippen LogP contribution in [-0.4, -0.2) is 55.7 Å². The maximum absolute atomic E-state index is 12.5. The number of fused-ring (bicyclic) bond motifs is 1. The number of amides is 2. The largest absolute Gasteiger partial charge is 0.497 e. The standard InChI is InChI=1S/C22H25ClN4O2S/c1-15-18(23)7-8-19-20(15)25-22(30-19)27-13-11-26(12-14-27)21(28)24-10-9-16-3-5-17(29-2)6-4-16/h3-8H,9-14H2,1-2H3,(H,24,28). The van der Waals surface area contributed by atoms with Crippen LogP contribution >= 0.6 is 22.9 Å². The number of benzene rings is 2. The van der Waals surface area contributed by atoms with Crippen molar-refractivity contribution in [2.24, 2.45) is 0 Å². The highest BCUT2D eigenvalue weighted by atomic mass is 35.5. The van der Waals surface area contributed by atoms with E-state index < -0.39 is 0 Å². The molecule has 8 heteroatoms. The smallest absolute Gasteiger partial charge is 0.317 e. The van der Waals surface area contributed by atoms with E-state index in [1.807, 2.05) is 48.2 Å². The van der Waals surface area contributed by atoms with Gasteiger partial charge < -0.3 is 19.9 Å². The molecule has 0 bridgehead atoms. The highest BCUT2D eigenvalue weighted by Gasteiger charge is 2.23. The van der Waals surface area contributed by atoms with E-state index >= 15 is 0 Å². The van der Waals surface area contributed by atoms with E-state index in [9.17, 15) is 4.79 Å². The number of methoxy groups -OCH3 is 1. The SMILES string of the molecule is COc1ccc(CCNC(=O)N2CCN(c3nc4c(C)c(Cl)ccc4s3)CC2)cc1. The second kappa shape index (κ2) is 9.10. The lowest BCUT2D eigenvalue weighted by atomic mass is 10.1. The average Bonchev–Trinajstić information content (AvgIpc) is 3.22. The van der Waals surface area contributed by atoms with Crippen molar-refractivity contribution in [2.75, 3.05) is 44.7 Å². The zero-order valence-corrected chi connectivity index (χ0v) is 18.7. The minimum Gasteiger partial charge on any atom is -0.497 e. The highest BCUT2D eigenvalue weighted by molar-refractivity contribution is 7.22. The third kappa shape index (κ3) is 4.47. The van der Waals surface area contributed by atoms with Crippen LogP contribution in [0.5, 0.6) is 5.75 Å². The fraction of sp³-hybridized carbons (Fsp3) is 0.364. The molecule has 2 heterocycles. The summed E-state index contributed by atoms with van der Waals surface area (Å²) in [6.07, 6.45) is 0.795. The number of halogens is 1. The summed E-state index contributed by atoms with van der Waals surface area (Å²) in [4.78, 5) is 21.4. The molecule has 30 heavy (non-hydrogen) atoms. The lowest BCUT2D eigenvalue weighted by molar-refractivity contribution is 0.194. The molecule has 4 rings (SSSR count). The number of urea groups is 1. The van der Waals surface area contributed by atoms with E-state index in [4.69, 9.17) is 21.3 Å². The van der Waals surface area contributed by atoms with Gasteiger partial charge in [-0.15, -0.1) is 0 Å². The number of hydrogen-bond donors (Lipinski definition) is 1. The highest BCUT2D eigenvalue weighted by Crippen LogP contribution is 2.33. The molecular formula is C22H25ClN4O2S. The fourth-order valence-electron chi connectivity index (χ4n) is 3.54. The van der Waals surface area contributed by atoms with Gasteiger partial charge in [0, 0.05) is 37.7 Å². The van der Waals surface area contributed by atoms with E-state index in [2.05, 4.69) is 10.2 Å². The number of nitrogens with zero attached hydrogens (tertiary/aromatic N) is 3. The van der Waals surface area contributed by atoms with Gasteiger partial charge in [0.2, 0.25) is 0 Å². The molecule has 1 N–H and O–H groups in total. The Bertz CT molecular complexity index is 1030. The van der Waals surface area contributed by atoms with Crippen molar-refractivity contribution in [3.05, 3.63) is 52.5 Å². The molecule has 2 amide bonds. The number of ether oxygens (including phenoxy) is 1. The minimum absolute atomic E-state index is 0.00455. The second-order valence-electron chi connectivity index (χ2n) is 7.32. The maximum atomic E-state index is 12.5. The molecule has 1 aromatic heterocycles. The third-order valence-corrected chi connectivity index (χ3v) is 6.91. The first-order valence-electron chi connectivity index (χ1n) is 10.0. The molecule has 0 radical (unpaired) electrons. The average molecular weight is 445 g/mol. The Hall–Kier alpha value is -2.51. The first-order valence-corrected chi connectivity index (χ1v) is 11.2. The number of aromatic nitrogens is 1. The van der Waals surface area contributed by atoms with Crippen molar-refractivity contribution in [1.82, 2.24) is 15.2 Å². The summed E-state index contributed by atoms with van der Waals surface area (Å²) in [5.41, 5.74) is 3.17. The van der Waals surface area contributed by atoms with Gasteiger partial charge in [-0.25, -0.2) is 9.78 Å². The molecule has 0 saturated carbocycles. The van der Waals surface area contributed by atoms with Crippen LogP contribution in [0, 0.1) is 6.92 Å². The van der Waals surface area contributed by atoms with Gasteiger partial charge in [-0.2, -0.15) is 0 Å². The number of rotatable bonds is 5. The molecule has 0 spiro atoms. The normalized spacial score (nSPS) is 14.2. The summed E-state index contributed by atoms with van der Waals surface area (Å²) in [7, 11) is 1.66. The molecule has 6 nitrogen and oxygen atoms in total. The number of piperazine rings is 1. The number of carbonyl (C=O) groups is 1. The molecule has 1 aliphatic heterocycles. The number of aryl methyl sites for hydroxylation is 1. The fourth-order valence-corrected chi connectivity index (χ4v) is 4.77. The van der Waals surface area contributed by atoms with Crippen molar-refractivity contribution >= 4 is 44.3 Å². The maximum Gasteiger partial charge on any atom is 0.317 e. The molecule has 158 valence electrons. The zero-order valence-electron chi connectivity index (χ0n) is 17.2. The Balaban J connectivity index is 1.27. The summed E-state index contributed by atoms with van der Waals surface area (Å²) in [6.45, 7) is 5.54. The first kappa shape index (κ1) is 20.8. The second-order valence-corrected chi connectivity index (χ2v) is 8.74. The van der Waals surface area contributed by atoms with Gasteiger partial charge in [-0.05, 0) is 48.7 Å². The van der Waals surface area contributed by atoms with Gasteiger partial charge in [0.05, 0.1) is 17.3 Å². The molecule has 2 aromatic carbocycles. The molecule has 1 aliphatic rings. The Morgan fingerprint density at radius 2 is 1.90 bits per heavy atom. The summed E-state index contributed by atoms with van der Waals surface area (Å²) in [5, 5.41) is 4.77. The van der Waals surface area contributed by atoms with E-state index in [0.29, 0.717) is 19.6 Å². The topological polar surface area (TPSA) is 57.7 Å². The lowest BCUT2D eigenvalue weighted by Crippen LogP contribution is -2.52. The van der Waals surface area contributed by atoms with Crippen LogP contribution in [-0.2, 0) is 6.42 Å². The molecule has 1 saturated heterocycles. The van der Waals surface area contributed by atoms with Crippen molar-refractivity contribution in [2.45, 2.75) is 13.3 Å². The van der Waals surface area contributed by atoms with E-state index in [0.717, 1.165) is 51.2 Å². The van der Waals surface area contributed by atoms with E-state index in [-0.39, 0.29) is 6.03 Å². The van der Waals surface area contributed by atoms with Gasteiger partial charge in [-0.1, -0.05) is 35.1 Å². The number of nitrogens with one attached hydrogen (secondary N) is 1. The number of hydrogen-bond acceptors (Lipinski definition) is 5. The Kier molecular flexibility index (Phi) is 6.29. The predicted molar refractivity (Wildman–Crippen MR) is 123 cm³/mol. The molecule has 1 fully saturated rings. The van der Waals surface area contributed by atoms with Crippen molar-refractivity contribution < 1.29 is 9.53 Å². The summed E-state index contributed by atoms with van der Waals surface area (Å²) >= 11 is 7.90. The van der Waals surface area contributed by atoms with Gasteiger partial charge >= 0.3 is 6.03 Å². The predicted octanol–water partition coefficient (Wildman–Crippen LogP) is 4.34. The van der Waals surface area contributed by atoms with Crippen molar-refractivity contribution in [3.63, 3.8) is 0 Å². The van der Waals surface area contributed by atoms with Gasteiger partial charge in [-0.3, -0.25) is 0 Å². The summed E-state index contributed by atoms with van der Waals surface area (Å²) in [5.74, 6) is 0.840. The van der Waals surface area contributed by atoms with Crippen molar-refractivity contribution in [3.8, 4) is 5.75 Å². The quantitative estimate of drug-likeness (QED) is 0.636. The summed E-state index contributed by atoms with van der Waals surface area (Å²) < 4.78 is 6.31. The van der Waals surface area contributed by atoms with Gasteiger partial charge in [0.15, 0.2) is 5.13 Å². The van der Waals surface area contributed by atoms with Crippen LogP contribution in [0.15, 0.2) is 36.4 Å². The molecule has 0 aliphatic carbocycles.